The van der Waals surface area contributed by atoms with E-state index >= 15 is 0 Å². The van der Waals surface area contributed by atoms with E-state index < -0.39 is 28.6 Å². The molecule has 0 aromatic heterocycles. The number of hydrogen-bond acceptors (Lipinski definition) is 8. The molecule has 3 aliphatic heterocycles. The number of carbonyl (C=O) groups excluding carboxylic acids is 3. The minimum atomic E-state index is -0.765. The maximum absolute atomic E-state index is 12.3. The van der Waals surface area contributed by atoms with Crippen molar-refractivity contribution in [1.29, 1.82) is 0 Å². The Morgan fingerprint density at radius 1 is 1.11 bits per heavy atom. The predicted molar refractivity (Wildman–Crippen MR) is 141 cm³/mol. The summed E-state index contributed by atoms with van der Waals surface area (Å²) >= 11 is 4.37. The lowest BCUT2D eigenvalue weighted by molar-refractivity contribution is -0.135. The highest BCUT2D eigenvalue weighted by atomic mass is 79.9. The Hall–Kier alpha value is -3.63. The van der Waals surface area contributed by atoms with Crippen molar-refractivity contribution in [3.05, 3.63) is 94.0 Å². The van der Waals surface area contributed by atoms with E-state index in [9.17, 15) is 14.4 Å². The molecule has 3 aliphatic rings. The van der Waals surface area contributed by atoms with E-state index in [1.54, 1.807) is 12.1 Å². The summed E-state index contributed by atoms with van der Waals surface area (Å²) in [5.74, 6) is 0.0892. The number of nitrogens with zero attached hydrogens (tertiary/aromatic N) is 2. The Kier molecular flexibility index (Phi) is 6.21. The fourth-order valence-corrected chi connectivity index (χ4v) is 5.82. The molecule has 0 spiro atoms. The highest BCUT2D eigenvalue weighted by Gasteiger charge is 2.41. The number of amides is 2. The number of hydrazone groups is 1. The third-order valence-electron chi connectivity index (χ3n) is 6.37. The number of rotatable bonds is 5. The van der Waals surface area contributed by atoms with Gasteiger partial charge in [-0.15, -0.1) is 0 Å². The smallest absolute Gasteiger partial charge is 0.312 e. The first-order chi connectivity index (χ1) is 17.9. The van der Waals surface area contributed by atoms with Gasteiger partial charge in [0.25, 0.3) is 5.24 Å². The Labute approximate surface area is 225 Å². The molecule has 0 radical (unpaired) electrons. The van der Waals surface area contributed by atoms with Crippen molar-refractivity contribution in [2.45, 2.75) is 30.4 Å². The van der Waals surface area contributed by atoms with Gasteiger partial charge in [-0.2, -0.15) is 5.10 Å². The van der Waals surface area contributed by atoms with Crippen LogP contribution in [0.4, 0.5) is 4.79 Å². The zero-order chi connectivity index (χ0) is 25.5. The van der Waals surface area contributed by atoms with Crippen LogP contribution in [-0.2, 0) is 9.59 Å². The highest BCUT2D eigenvalue weighted by Crippen LogP contribution is 2.48. The summed E-state index contributed by atoms with van der Waals surface area (Å²) < 4.78 is 12.8. The second kappa shape index (κ2) is 9.68. The first kappa shape index (κ1) is 23.7. The molecule has 10 heteroatoms. The zero-order valence-electron chi connectivity index (χ0n) is 19.3. The van der Waals surface area contributed by atoms with E-state index in [1.807, 2.05) is 47.5 Å². The second-order valence-corrected chi connectivity index (χ2v) is 10.9. The minimum Gasteiger partial charge on any atom is -0.464 e. The SMILES string of the molecule is O=C(C[C@@H]1SC(=O)NC1=O)Oc1ccc([C@H]2Oc3ccc(Br)cc3[C@@H]3CC(c4ccccc4)=NN23)cc1. The van der Waals surface area contributed by atoms with Crippen LogP contribution in [0.25, 0.3) is 0 Å². The van der Waals surface area contributed by atoms with Gasteiger partial charge in [0.05, 0.1) is 18.2 Å². The van der Waals surface area contributed by atoms with Crippen LogP contribution in [0.2, 0.25) is 0 Å². The first-order valence-electron chi connectivity index (χ1n) is 11.6. The number of benzene rings is 3. The van der Waals surface area contributed by atoms with Gasteiger partial charge in [0, 0.05) is 22.0 Å². The van der Waals surface area contributed by atoms with E-state index in [0.717, 1.165) is 50.8 Å². The molecule has 3 heterocycles. The fourth-order valence-electron chi connectivity index (χ4n) is 4.64. The molecule has 8 nitrogen and oxygen atoms in total. The van der Waals surface area contributed by atoms with Crippen LogP contribution >= 0.6 is 27.7 Å². The Balaban J connectivity index is 1.23. The molecule has 0 unspecified atom stereocenters. The van der Waals surface area contributed by atoms with E-state index in [0.29, 0.717) is 5.75 Å². The van der Waals surface area contributed by atoms with Crippen molar-refractivity contribution in [3.8, 4) is 11.5 Å². The summed E-state index contributed by atoms with van der Waals surface area (Å²) in [5.41, 5.74) is 3.99. The monoisotopic (exact) mass is 577 g/mol. The van der Waals surface area contributed by atoms with Gasteiger partial charge in [0.1, 0.15) is 16.7 Å². The molecule has 1 saturated heterocycles. The van der Waals surface area contributed by atoms with Crippen molar-refractivity contribution in [1.82, 2.24) is 10.3 Å². The van der Waals surface area contributed by atoms with E-state index in [-0.39, 0.29) is 12.5 Å². The van der Waals surface area contributed by atoms with Crippen molar-refractivity contribution in [2.24, 2.45) is 5.10 Å². The number of thioether (sulfide) groups is 1. The molecule has 0 aliphatic carbocycles. The number of ether oxygens (including phenoxy) is 2. The van der Waals surface area contributed by atoms with Crippen molar-refractivity contribution in [3.63, 3.8) is 0 Å². The molecule has 0 saturated carbocycles. The van der Waals surface area contributed by atoms with Gasteiger partial charge in [0.2, 0.25) is 12.1 Å². The van der Waals surface area contributed by atoms with E-state index in [1.165, 1.54) is 0 Å². The minimum absolute atomic E-state index is 0.0109. The lowest BCUT2D eigenvalue weighted by atomic mass is 9.96. The number of hydrogen-bond donors (Lipinski definition) is 1. The highest BCUT2D eigenvalue weighted by molar-refractivity contribution is 9.10. The number of imide groups is 1. The zero-order valence-corrected chi connectivity index (χ0v) is 21.7. The van der Waals surface area contributed by atoms with Gasteiger partial charge in [0.15, 0.2) is 0 Å². The maximum Gasteiger partial charge on any atom is 0.312 e. The predicted octanol–water partition coefficient (Wildman–Crippen LogP) is 5.34. The molecule has 3 aromatic carbocycles. The number of halogens is 1. The standard InChI is InChI=1S/C27H20BrN3O5S/c28-17-8-11-22-19(12-17)21-13-20(15-4-2-1-3-5-15)30-31(21)26(36-22)16-6-9-18(10-7-16)35-24(32)14-23-25(33)29-27(34)37-23/h1-12,21,23,26H,13-14H2,(H,29,33,34)/t21-,23-,26+/m0/s1. The molecular weight excluding hydrogens is 558 g/mol. The van der Waals surface area contributed by atoms with Crippen LogP contribution in [0.1, 0.15) is 41.8 Å². The Morgan fingerprint density at radius 2 is 1.89 bits per heavy atom. The summed E-state index contributed by atoms with van der Waals surface area (Å²) in [7, 11) is 0. The van der Waals surface area contributed by atoms with Gasteiger partial charge >= 0.3 is 5.97 Å². The molecule has 3 atom stereocenters. The summed E-state index contributed by atoms with van der Waals surface area (Å²) in [5, 5.41) is 7.91. The third kappa shape index (κ3) is 4.74. The van der Waals surface area contributed by atoms with Gasteiger partial charge < -0.3 is 9.47 Å². The third-order valence-corrected chi connectivity index (χ3v) is 7.85. The van der Waals surface area contributed by atoms with Crippen LogP contribution in [0, 0.1) is 0 Å². The number of nitrogens with one attached hydrogen (secondary N) is 1. The molecule has 2 amide bonds. The first-order valence-corrected chi connectivity index (χ1v) is 13.3. The lowest BCUT2D eigenvalue weighted by Gasteiger charge is -2.38. The van der Waals surface area contributed by atoms with Gasteiger partial charge in [-0.25, -0.2) is 5.01 Å². The lowest BCUT2D eigenvalue weighted by Crippen LogP contribution is -2.33. The second-order valence-electron chi connectivity index (χ2n) is 8.80. The topological polar surface area (TPSA) is 97.3 Å². The summed E-state index contributed by atoms with van der Waals surface area (Å²) in [6, 6.07) is 23.2. The normalized spacial score (nSPS) is 22.0. The van der Waals surface area contributed by atoms with E-state index in [4.69, 9.17) is 14.6 Å². The van der Waals surface area contributed by atoms with Crippen molar-refractivity contribution < 1.29 is 23.9 Å². The number of carbonyl (C=O) groups is 3. The summed E-state index contributed by atoms with van der Waals surface area (Å²) in [6.07, 6.45) is 0.0986. The van der Waals surface area contributed by atoms with E-state index in [2.05, 4.69) is 39.4 Å². The Morgan fingerprint density at radius 3 is 2.62 bits per heavy atom. The Bertz CT molecular complexity index is 1430. The van der Waals surface area contributed by atoms with Crippen LogP contribution in [-0.4, -0.2) is 33.1 Å². The number of fused-ring (bicyclic) bond motifs is 3. The number of esters is 1. The van der Waals surface area contributed by atoms with Crippen molar-refractivity contribution in [2.75, 3.05) is 0 Å². The molecule has 3 aromatic rings. The maximum atomic E-state index is 12.3. The molecule has 37 heavy (non-hydrogen) atoms. The average Bonchev–Trinajstić information content (AvgIpc) is 3.48. The van der Waals surface area contributed by atoms with Gasteiger partial charge in [-0.1, -0.05) is 58.0 Å². The summed E-state index contributed by atoms with van der Waals surface area (Å²) in [4.78, 5) is 35.3. The van der Waals surface area contributed by atoms with Gasteiger partial charge in [-0.3, -0.25) is 19.7 Å². The molecular formula is C27H20BrN3O5S. The fraction of sp³-hybridized carbons (Fsp3) is 0.185. The molecule has 0 bridgehead atoms. The molecule has 1 fully saturated rings. The van der Waals surface area contributed by atoms with Crippen molar-refractivity contribution >= 4 is 50.5 Å². The average molecular weight is 578 g/mol. The largest absolute Gasteiger partial charge is 0.464 e. The molecule has 186 valence electrons. The quantitative estimate of drug-likeness (QED) is 0.323. The van der Waals surface area contributed by atoms with Crippen LogP contribution in [0.5, 0.6) is 11.5 Å². The molecule has 6 rings (SSSR count). The van der Waals surface area contributed by atoms with Gasteiger partial charge in [-0.05, 0) is 48.0 Å². The molecule has 1 N–H and O–H groups in total. The summed E-state index contributed by atoms with van der Waals surface area (Å²) in [6.45, 7) is 0. The van der Waals surface area contributed by atoms with Crippen LogP contribution < -0.4 is 14.8 Å². The van der Waals surface area contributed by atoms with Crippen LogP contribution in [0.3, 0.4) is 0 Å². The van der Waals surface area contributed by atoms with Crippen LogP contribution in [0.15, 0.2) is 82.4 Å².